The van der Waals surface area contributed by atoms with E-state index in [4.69, 9.17) is 4.42 Å². The van der Waals surface area contributed by atoms with Gasteiger partial charge >= 0.3 is 0 Å². The fourth-order valence-corrected chi connectivity index (χ4v) is 5.10. The summed E-state index contributed by atoms with van der Waals surface area (Å²) in [5, 5.41) is 0. The number of carbonyl (C=O) groups is 2. The van der Waals surface area contributed by atoms with Crippen LogP contribution in [0.5, 0.6) is 0 Å². The minimum absolute atomic E-state index is 0.124. The van der Waals surface area contributed by atoms with Crippen LogP contribution in [0.1, 0.15) is 16.1 Å². The normalized spacial score (nSPS) is 14.2. The van der Waals surface area contributed by atoms with Crippen molar-refractivity contribution in [2.45, 2.75) is 11.8 Å². The maximum Gasteiger partial charge on any atom is 0.289 e. The number of para-hydroxylation sites is 1. The second-order valence-electron chi connectivity index (χ2n) is 7.81. The molecule has 2 heterocycles. The van der Waals surface area contributed by atoms with Crippen LogP contribution >= 0.6 is 0 Å². The van der Waals surface area contributed by atoms with Gasteiger partial charge in [0.05, 0.1) is 16.8 Å². The Morgan fingerprint density at radius 3 is 2.12 bits per heavy atom. The van der Waals surface area contributed by atoms with Gasteiger partial charge in [-0.3, -0.25) is 13.9 Å². The molecule has 33 heavy (non-hydrogen) atoms. The largest absolute Gasteiger partial charge is 0.459 e. The third-order valence-corrected chi connectivity index (χ3v) is 7.37. The number of amides is 2. The first-order chi connectivity index (χ1) is 15.9. The molecule has 0 radical (unpaired) electrons. The number of carbonyl (C=O) groups excluding carboxylic acids is 2. The molecule has 0 N–H and O–H groups in total. The molecule has 1 aliphatic rings. The van der Waals surface area contributed by atoms with Crippen LogP contribution in [-0.4, -0.2) is 62.8 Å². The summed E-state index contributed by atoms with van der Waals surface area (Å²) in [6.45, 7) is 2.89. The highest BCUT2D eigenvalue weighted by atomic mass is 32.2. The Bertz CT molecular complexity index is 1200. The van der Waals surface area contributed by atoms with Crippen LogP contribution in [0.25, 0.3) is 0 Å². The van der Waals surface area contributed by atoms with Gasteiger partial charge in [-0.15, -0.1) is 0 Å². The number of hydrogen-bond acceptors (Lipinski definition) is 5. The summed E-state index contributed by atoms with van der Waals surface area (Å²) in [6.07, 6.45) is 1.44. The average molecular weight is 468 g/mol. The van der Waals surface area contributed by atoms with Gasteiger partial charge in [0.1, 0.15) is 6.54 Å². The van der Waals surface area contributed by atoms with E-state index in [1.54, 1.807) is 76.5 Å². The Balaban J connectivity index is 1.49. The fraction of sp³-hybridized carbons (Fsp3) is 0.250. The molecule has 9 heteroatoms. The van der Waals surface area contributed by atoms with Crippen molar-refractivity contribution in [3.8, 4) is 0 Å². The van der Waals surface area contributed by atoms with Crippen LogP contribution in [-0.2, 0) is 14.8 Å². The number of sulfonamides is 1. The van der Waals surface area contributed by atoms with Crippen LogP contribution in [0, 0.1) is 6.92 Å². The molecule has 0 saturated carbocycles. The molecule has 8 nitrogen and oxygen atoms in total. The molecule has 2 aromatic carbocycles. The number of aryl methyl sites for hydroxylation is 1. The minimum atomic E-state index is -3.95. The standard InChI is InChI=1S/C24H25N3O5S/c1-19-9-11-21(12-10-19)33(30,31)27(20-6-3-2-4-7-20)18-23(28)25-13-15-26(16-14-25)24(29)22-8-5-17-32-22/h2-12,17H,13-16,18H2,1H3. The lowest BCUT2D eigenvalue weighted by molar-refractivity contribution is -0.131. The lowest BCUT2D eigenvalue weighted by atomic mass is 10.2. The predicted octanol–water partition coefficient (Wildman–Crippen LogP) is 2.77. The van der Waals surface area contributed by atoms with Gasteiger partial charge in [0.2, 0.25) is 5.91 Å². The predicted molar refractivity (Wildman–Crippen MR) is 123 cm³/mol. The average Bonchev–Trinajstić information content (AvgIpc) is 3.38. The SMILES string of the molecule is Cc1ccc(S(=O)(=O)N(CC(=O)N2CCN(C(=O)c3ccco3)CC2)c2ccccc2)cc1. The minimum Gasteiger partial charge on any atom is -0.459 e. The van der Waals surface area contributed by atoms with Crippen LogP contribution in [0.15, 0.2) is 82.3 Å². The Labute approximate surface area is 193 Å². The third kappa shape index (κ3) is 4.93. The van der Waals surface area contributed by atoms with Gasteiger partial charge in [0, 0.05) is 26.2 Å². The zero-order valence-electron chi connectivity index (χ0n) is 18.3. The van der Waals surface area contributed by atoms with Gasteiger partial charge < -0.3 is 14.2 Å². The van der Waals surface area contributed by atoms with Crippen LogP contribution in [0.2, 0.25) is 0 Å². The number of hydrogen-bond donors (Lipinski definition) is 0. The second-order valence-corrected chi connectivity index (χ2v) is 9.67. The molecule has 172 valence electrons. The Morgan fingerprint density at radius 2 is 1.52 bits per heavy atom. The van der Waals surface area contributed by atoms with Crippen LogP contribution in [0.3, 0.4) is 0 Å². The fourth-order valence-electron chi connectivity index (χ4n) is 3.68. The van der Waals surface area contributed by atoms with Gasteiger partial charge in [0.25, 0.3) is 15.9 Å². The molecule has 0 aliphatic carbocycles. The van der Waals surface area contributed by atoms with Gasteiger partial charge in [-0.05, 0) is 43.3 Å². The molecule has 0 spiro atoms. The summed E-state index contributed by atoms with van der Waals surface area (Å²) in [5.41, 5.74) is 1.36. The molecule has 0 unspecified atom stereocenters. The molecule has 1 aliphatic heterocycles. The quantitative estimate of drug-likeness (QED) is 0.556. The topological polar surface area (TPSA) is 91.1 Å². The first kappa shape index (κ1) is 22.6. The first-order valence-electron chi connectivity index (χ1n) is 10.6. The van der Waals surface area contributed by atoms with E-state index in [1.807, 2.05) is 6.92 Å². The molecule has 0 atom stereocenters. The summed E-state index contributed by atoms with van der Waals surface area (Å²) in [5.74, 6) is -0.284. The molecular formula is C24H25N3O5S. The summed E-state index contributed by atoms with van der Waals surface area (Å²) in [7, 11) is -3.95. The van der Waals surface area contributed by atoms with Crippen molar-refractivity contribution in [1.29, 1.82) is 0 Å². The first-order valence-corrected chi connectivity index (χ1v) is 12.1. The van der Waals surface area contributed by atoms with Crippen molar-refractivity contribution in [3.63, 3.8) is 0 Å². The molecule has 3 aromatic rings. The molecule has 0 bridgehead atoms. The van der Waals surface area contributed by atoms with Crippen molar-refractivity contribution in [1.82, 2.24) is 9.80 Å². The van der Waals surface area contributed by atoms with Gasteiger partial charge in [-0.25, -0.2) is 8.42 Å². The van der Waals surface area contributed by atoms with E-state index in [2.05, 4.69) is 0 Å². The zero-order chi connectivity index (χ0) is 23.4. The lowest BCUT2D eigenvalue weighted by Crippen LogP contribution is -2.53. The Hall–Kier alpha value is -3.59. The number of rotatable bonds is 6. The highest BCUT2D eigenvalue weighted by Crippen LogP contribution is 2.24. The summed E-state index contributed by atoms with van der Waals surface area (Å²) < 4.78 is 33.2. The van der Waals surface area contributed by atoms with Crippen molar-refractivity contribution < 1.29 is 22.4 Å². The molecule has 1 fully saturated rings. The monoisotopic (exact) mass is 467 g/mol. The molecule has 1 aromatic heterocycles. The zero-order valence-corrected chi connectivity index (χ0v) is 19.1. The number of furan rings is 1. The number of anilines is 1. The van der Waals surface area contributed by atoms with E-state index in [0.717, 1.165) is 9.87 Å². The third-order valence-electron chi connectivity index (χ3n) is 5.58. The van der Waals surface area contributed by atoms with Gasteiger partial charge in [0.15, 0.2) is 5.76 Å². The van der Waals surface area contributed by atoms with Crippen LogP contribution in [0.4, 0.5) is 5.69 Å². The molecule has 1 saturated heterocycles. The number of nitrogens with zero attached hydrogens (tertiary/aromatic N) is 3. The highest BCUT2D eigenvalue weighted by Gasteiger charge is 2.31. The molecule has 2 amide bonds. The van der Waals surface area contributed by atoms with Crippen LogP contribution < -0.4 is 4.31 Å². The Kier molecular flexibility index (Phi) is 6.50. The Morgan fingerprint density at radius 1 is 0.879 bits per heavy atom. The number of piperazine rings is 1. The van der Waals surface area contributed by atoms with E-state index < -0.39 is 10.0 Å². The maximum absolute atomic E-state index is 13.4. The lowest BCUT2D eigenvalue weighted by Gasteiger charge is -2.35. The smallest absolute Gasteiger partial charge is 0.289 e. The van der Waals surface area contributed by atoms with E-state index >= 15 is 0 Å². The second kappa shape index (κ2) is 9.50. The highest BCUT2D eigenvalue weighted by molar-refractivity contribution is 7.92. The van der Waals surface area contributed by atoms with Crippen molar-refractivity contribution in [2.75, 3.05) is 37.0 Å². The van der Waals surface area contributed by atoms with Crippen molar-refractivity contribution >= 4 is 27.5 Å². The van der Waals surface area contributed by atoms with E-state index in [9.17, 15) is 18.0 Å². The summed E-state index contributed by atoms with van der Waals surface area (Å²) in [6, 6.07) is 18.4. The van der Waals surface area contributed by atoms with Crippen molar-refractivity contribution in [2.24, 2.45) is 0 Å². The van der Waals surface area contributed by atoms with Crippen molar-refractivity contribution in [3.05, 3.63) is 84.3 Å². The van der Waals surface area contributed by atoms with E-state index in [-0.39, 0.29) is 29.0 Å². The maximum atomic E-state index is 13.4. The number of benzene rings is 2. The van der Waals surface area contributed by atoms with Gasteiger partial charge in [-0.1, -0.05) is 35.9 Å². The summed E-state index contributed by atoms with van der Waals surface area (Å²) in [4.78, 5) is 28.9. The van der Waals surface area contributed by atoms with Gasteiger partial charge in [-0.2, -0.15) is 0 Å². The molecule has 4 rings (SSSR count). The van der Waals surface area contributed by atoms with E-state index in [1.165, 1.54) is 6.26 Å². The van der Waals surface area contributed by atoms with E-state index in [0.29, 0.717) is 31.9 Å². The molecular weight excluding hydrogens is 442 g/mol. The summed E-state index contributed by atoms with van der Waals surface area (Å²) >= 11 is 0.